The highest BCUT2D eigenvalue weighted by Gasteiger charge is 2.13. The normalized spacial score (nSPS) is 11.0. The van der Waals surface area contributed by atoms with Crippen molar-refractivity contribution in [2.75, 3.05) is 14.2 Å². The van der Waals surface area contributed by atoms with E-state index >= 15 is 0 Å². The Labute approximate surface area is 148 Å². The first-order chi connectivity index (χ1) is 12.1. The van der Waals surface area contributed by atoms with E-state index in [1.54, 1.807) is 32.4 Å². The molecule has 0 atom stereocenters. The number of rotatable bonds is 6. The molecule has 132 valence electrons. The second-order valence-electron chi connectivity index (χ2n) is 5.70. The van der Waals surface area contributed by atoms with Crippen LogP contribution in [0.3, 0.4) is 0 Å². The van der Waals surface area contributed by atoms with Gasteiger partial charge in [0.2, 0.25) is 0 Å². The van der Waals surface area contributed by atoms with E-state index in [1.165, 1.54) is 15.9 Å². The first-order valence-corrected chi connectivity index (χ1v) is 8.85. The van der Waals surface area contributed by atoms with Gasteiger partial charge in [0.15, 0.2) is 0 Å². The zero-order valence-corrected chi connectivity index (χ0v) is 15.2. The molecule has 2 heterocycles. The van der Waals surface area contributed by atoms with E-state index in [0.29, 0.717) is 21.7 Å². The third-order valence-corrected chi connectivity index (χ3v) is 5.15. The highest BCUT2D eigenvalue weighted by atomic mass is 32.1. The van der Waals surface area contributed by atoms with Gasteiger partial charge >= 0.3 is 5.69 Å². The lowest BCUT2D eigenvalue weighted by atomic mass is 10.2. The van der Waals surface area contributed by atoms with Crippen molar-refractivity contribution in [3.05, 3.63) is 55.5 Å². The number of methoxy groups -OCH3 is 2. The monoisotopic (exact) mass is 360 g/mol. The summed E-state index contributed by atoms with van der Waals surface area (Å²) in [5, 5.41) is 0.556. The lowest BCUT2D eigenvalue weighted by Crippen LogP contribution is -2.35. The first kappa shape index (κ1) is 17.3. The van der Waals surface area contributed by atoms with Crippen LogP contribution in [0.5, 0.6) is 11.5 Å². The summed E-state index contributed by atoms with van der Waals surface area (Å²) in [6, 6.07) is 7.18. The number of ether oxygens (including phenoxy) is 2. The maximum atomic E-state index is 12.8. The number of H-pyrrole nitrogens is 1. The topological polar surface area (TPSA) is 73.3 Å². The Morgan fingerprint density at radius 2 is 1.96 bits per heavy atom. The molecule has 1 aromatic carbocycles. The molecule has 6 nitrogen and oxygen atoms in total. The Morgan fingerprint density at radius 1 is 1.16 bits per heavy atom. The fraction of sp³-hybridized carbons (Fsp3) is 0.333. The van der Waals surface area contributed by atoms with Crippen LogP contribution >= 0.6 is 11.3 Å². The molecule has 0 radical (unpaired) electrons. The van der Waals surface area contributed by atoms with Crippen LogP contribution in [0.15, 0.2) is 33.9 Å². The van der Waals surface area contributed by atoms with Crippen LogP contribution in [0.1, 0.15) is 23.8 Å². The average molecular weight is 360 g/mol. The molecule has 0 aliphatic carbocycles. The average Bonchev–Trinajstić information content (AvgIpc) is 3.01. The quantitative estimate of drug-likeness (QED) is 0.734. The van der Waals surface area contributed by atoms with Gasteiger partial charge in [0.25, 0.3) is 5.56 Å². The van der Waals surface area contributed by atoms with E-state index in [1.807, 2.05) is 6.07 Å². The van der Waals surface area contributed by atoms with Gasteiger partial charge in [-0.05, 0) is 24.6 Å². The largest absolute Gasteiger partial charge is 0.497 e. The van der Waals surface area contributed by atoms with E-state index in [9.17, 15) is 9.59 Å². The predicted octanol–water partition coefficient (Wildman–Crippen LogP) is 2.77. The molecule has 0 saturated carbocycles. The van der Waals surface area contributed by atoms with Gasteiger partial charge in [-0.25, -0.2) is 4.79 Å². The Hall–Kier alpha value is -2.54. The van der Waals surface area contributed by atoms with Crippen LogP contribution in [-0.2, 0) is 13.0 Å². The van der Waals surface area contributed by atoms with Gasteiger partial charge in [0.1, 0.15) is 16.3 Å². The number of nitrogens with zero attached hydrogens (tertiary/aromatic N) is 1. The van der Waals surface area contributed by atoms with Crippen molar-refractivity contribution in [3.63, 3.8) is 0 Å². The van der Waals surface area contributed by atoms with E-state index < -0.39 is 5.69 Å². The summed E-state index contributed by atoms with van der Waals surface area (Å²) in [7, 11) is 3.12. The van der Waals surface area contributed by atoms with Crippen LogP contribution in [0, 0.1) is 0 Å². The molecule has 25 heavy (non-hydrogen) atoms. The van der Waals surface area contributed by atoms with Gasteiger partial charge in [0, 0.05) is 16.5 Å². The molecule has 0 aliphatic heterocycles. The minimum absolute atomic E-state index is 0.135. The van der Waals surface area contributed by atoms with Gasteiger partial charge in [-0.15, -0.1) is 11.3 Å². The van der Waals surface area contributed by atoms with Crippen molar-refractivity contribution >= 4 is 21.6 Å². The summed E-state index contributed by atoms with van der Waals surface area (Å²) in [5.41, 5.74) is 0.0368. The summed E-state index contributed by atoms with van der Waals surface area (Å²) < 4.78 is 11.7. The van der Waals surface area contributed by atoms with Crippen molar-refractivity contribution in [3.8, 4) is 11.5 Å². The number of fused-ring (bicyclic) bond motifs is 1. The Balaban J connectivity index is 2.07. The second-order valence-corrected chi connectivity index (χ2v) is 6.84. The summed E-state index contributed by atoms with van der Waals surface area (Å²) in [5.74, 6) is 1.22. The third-order valence-electron chi connectivity index (χ3n) is 4.04. The fourth-order valence-corrected chi connectivity index (χ4v) is 3.90. The Bertz CT molecular complexity index is 1020. The molecule has 0 aliphatic rings. The SMILES string of the molecule is CCCc1cc2c(=O)n(Cc3ccc(OC)cc3OC)c(=O)[nH]c2s1. The van der Waals surface area contributed by atoms with Crippen LogP contribution in [0.4, 0.5) is 0 Å². The molecule has 2 aromatic heterocycles. The first-order valence-electron chi connectivity index (χ1n) is 8.03. The van der Waals surface area contributed by atoms with E-state index in [2.05, 4.69) is 11.9 Å². The number of benzene rings is 1. The second kappa shape index (κ2) is 7.14. The van der Waals surface area contributed by atoms with Crippen LogP contribution in [-0.4, -0.2) is 23.8 Å². The molecule has 1 N–H and O–H groups in total. The fourth-order valence-electron chi connectivity index (χ4n) is 2.76. The molecule has 0 unspecified atom stereocenters. The highest BCUT2D eigenvalue weighted by Crippen LogP contribution is 2.25. The van der Waals surface area contributed by atoms with Crippen molar-refractivity contribution in [2.45, 2.75) is 26.3 Å². The summed E-state index contributed by atoms with van der Waals surface area (Å²) in [4.78, 5) is 29.7. The maximum absolute atomic E-state index is 12.8. The number of aromatic amines is 1. The lowest BCUT2D eigenvalue weighted by Gasteiger charge is -2.11. The minimum atomic E-state index is -0.416. The van der Waals surface area contributed by atoms with Crippen LogP contribution in [0.25, 0.3) is 10.2 Å². The molecule has 0 bridgehead atoms. The zero-order chi connectivity index (χ0) is 18.0. The number of thiophene rings is 1. The molecule has 0 fully saturated rings. The van der Waals surface area contributed by atoms with Gasteiger partial charge in [-0.2, -0.15) is 0 Å². The molecular weight excluding hydrogens is 340 g/mol. The number of aromatic nitrogens is 2. The molecular formula is C18H20N2O4S. The molecule has 0 amide bonds. The van der Waals surface area contributed by atoms with Crippen molar-refractivity contribution in [2.24, 2.45) is 0 Å². The number of aryl methyl sites for hydroxylation is 1. The molecule has 3 aromatic rings. The van der Waals surface area contributed by atoms with E-state index in [0.717, 1.165) is 23.3 Å². The van der Waals surface area contributed by atoms with Crippen molar-refractivity contribution < 1.29 is 9.47 Å². The molecule has 0 saturated heterocycles. The predicted molar refractivity (Wildman–Crippen MR) is 99.3 cm³/mol. The van der Waals surface area contributed by atoms with Crippen LogP contribution in [0.2, 0.25) is 0 Å². The lowest BCUT2D eigenvalue weighted by molar-refractivity contribution is 0.390. The molecule has 7 heteroatoms. The van der Waals surface area contributed by atoms with Gasteiger partial charge in [-0.1, -0.05) is 13.3 Å². The van der Waals surface area contributed by atoms with E-state index in [4.69, 9.17) is 9.47 Å². The molecule has 0 spiro atoms. The third kappa shape index (κ3) is 3.32. The summed E-state index contributed by atoms with van der Waals surface area (Å²) in [6.07, 6.45) is 1.89. The molecule has 3 rings (SSSR count). The zero-order valence-electron chi connectivity index (χ0n) is 14.4. The van der Waals surface area contributed by atoms with Crippen molar-refractivity contribution in [1.29, 1.82) is 0 Å². The minimum Gasteiger partial charge on any atom is -0.497 e. The van der Waals surface area contributed by atoms with Gasteiger partial charge < -0.3 is 9.47 Å². The standard InChI is InChI=1S/C18H20N2O4S/c1-4-5-13-9-14-16(25-13)19-18(22)20(17(14)21)10-11-6-7-12(23-2)8-15(11)24-3/h6-9H,4-5,10H2,1-3H3,(H,19,22). The Kier molecular flexibility index (Phi) is 4.94. The van der Waals surface area contributed by atoms with Crippen molar-refractivity contribution in [1.82, 2.24) is 9.55 Å². The number of hydrogen-bond acceptors (Lipinski definition) is 5. The Morgan fingerprint density at radius 3 is 2.64 bits per heavy atom. The van der Waals surface area contributed by atoms with Gasteiger partial charge in [0.05, 0.1) is 26.2 Å². The summed E-state index contributed by atoms with van der Waals surface area (Å²) in [6.45, 7) is 2.22. The number of nitrogens with one attached hydrogen (secondary N) is 1. The smallest absolute Gasteiger partial charge is 0.329 e. The summed E-state index contributed by atoms with van der Waals surface area (Å²) >= 11 is 1.47. The van der Waals surface area contributed by atoms with E-state index in [-0.39, 0.29) is 12.1 Å². The number of hydrogen-bond donors (Lipinski definition) is 1. The maximum Gasteiger partial charge on any atom is 0.329 e. The van der Waals surface area contributed by atoms with Gasteiger partial charge in [-0.3, -0.25) is 14.3 Å². The van der Waals surface area contributed by atoms with Crippen LogP contribution < -0.4 is 20.7 Å². The highest BCUT2D eigenvalue weighted by molar-refractivity contribution is 7.18.